The molecule has 0 unspecified atom stereocenters. The van der Waals surface area contributed by atoms with Gasteiger partial charge in [0.25, 0.3) is 0 Å². The number of benzene rings is 9. The third-order valence-corrected chi connectivity index (χ3v) is 11.4. The molecule has 52 heavy (non-hydrogen) atoms. The first-order valence-corrected chi connectivity index (χ1v) is 18.6. The number of hydrogen-bond acceptors (Lipinski definition) is 2. The van der Waals surface area contributed by atoms with Gasteiger partial charge >= 0.3 is 0 Å². The van der Waals surface area contributed by atoms with E-state index < -0.39 is 0 Å². The van der Waals surface area contributed by atoms with E-state index in [1.165, 1.54) is 75.1 Å². The summed E-state index contributed by atoms with van der Waals surface area (Å²) in [4.78, 5) is 2.37. The fraction of sp³-hybridized carbons (Fsp3) is 0. The average Bonchev–Trinajstić information content (AvgIpc) is 3.60. The Morgan fingerprint density at radius 1 is 0.269 bits per heavy atom. The first-order valence-electron chi connectivity index (χ1n) is 17.7. The molecule has 0 saturated carbocycles. The zero-order chi connectivity index (χ0) is 34.4. The van der Waals surface area contributed by atoms with Crippen LogP contribution in [-0.2, 0) is 0 Å². The van der Waals surface area contributed by atoms with Crippen molar-refractivity contribution < 1.29 is 0 Å². The van der Waals surface area contributed by atoms with Gasteiger partial charge in [-0.3, -0.25) is 0 Å². The van der Waals surface area contributed by atoms with E-state index in [9.17, 15) is 0 Å². The lowest BCUT2D eigenvalue weighted by molar-refractivity contribution is 1.29. The van der Waals surface area contributed by atoms with Crippen molar-refractivity contribution in [3.63, 3.8) is 0 Å². The van der Waals surface area contributed by atoms with Gasteiger partial charge in [-0.1, -0.05) is 146 Å². The fourth-order valence-corrected chi connectivity index (χ4v) is 8.67. The Labute approximate surface area is 307 Å². The summed E-state index contributed by atoms with van der Waals surface area (Å²) in [7, 11) is 0. The Balaban J connectivity index is 1.03. The molecule has 0 N–H and O–H groups in total. The van der Waals surface area contributed by atoms with E-state index in [-0.39, 0.29) is 0 Å². The molecule has 10 rings (SSSR count). The predicted molar refractivity (Wildman–Crippen MR) is 225 cm³/mol. The van der Waals surface area contributed by atoms with E-state index in [1.54, 1.807) is 0 Å². The first kappa shape index (κ1) is 30.4. The fourth-order valence-electron chi connectivity index (χ4n) is 7.58. The smallest absolute Gasteiger partial charge is 0.0468 e. The van der Waals surface area contributed by atoms with Crippen LogP contribution in [0.4, 0.5) is 17.1 Å². The van der Waals surface area contributed by atoms with E-state index in [1.807, 2.05) is 11.3 Å². The molecule has 1 aromatic heterocycles. The van der Waals surface area contributed by atoms with Gasteiger partial charge in [-0.15, -0.1) is 11.3 Å². The van der Waals surface area contributed by atoms with Gasteiger partial charge in [0.05, 0.1) is 0 Å². The van der Waals surface area contributed by atoms with Crippen LogP contribution in [0, 0.1) is 0 Å². The van der Waals surface area contributed by atoms with Gasteiger partial charge in [-0.05, 0) is 110 Å². The summed E-state index contributed by atoms with van der Waals surface area (Å²) in [5, 5.41) is 7.68. The predicted octanol–water partition coefficient (Wildman–Crippen LogP) is 14.8. The molecule has 2 heteroatoms. The van der Waals surface area contributed by atoms with E-state index in [0.29, 0.717) is 0 Å². The highest BCUT2D eigenvalue weighted by Crippen LogP contribution is 2.40. The summed E-state index contributed by atoms with van der Waals surface area (Å²) in [6.07, 6.45) is 0. The van der Waals surface area contributed by atoms with E-state index in [4.69, 9.17) is 0 Å². The van der Waals surface area contributed by atoms with Gasteiger partial charge in [0, 0.05) is 37.2 Å². The number of hydrogen-bond donors (Lipinski definition) is 0. The quantitative estimate of drug-likeness (QED) is 0.158. The highest BCUT2D eigenvalue weighted by molar-refractivity contribution is 7.25. The molecule has 0 fully saturated rings. The monoisotopic (exact) mass is 679 g/mol. The van der Waals surface area contributed by atoms with E-state index in [0.717, 1.165) is 17.1 Å². The molecule has 0 amide bonds. The summed E-state index contributed by atoms with van der Waals surface area (Å²) in [6, 6.07) is 72.9. The Bertz CT molecular complexity index is 2870. The maximum atomic E-state index is 2.37. The number of thiophene rings is 1. The molecule has 0 aliphatic carbocycles. The van der Waals surface area contributed by atoms with Crippen LogP contribution in [0.25, 0.3) is 75.1 Å². The van der Waals surface area contributed by atoms with Crippen molar-refractivity contribution in [1.82, 2.24) is 0 Å². The number of anilines is 3. The van der Waals surface area contributed by atoms with Crippen LogP contribution in [0.5, 0.6) is 0 Å². The molecule has 1 nitrogen and oxygen atoms in total. The molecule has 1 heterocycles. The molecule has 0 atom stereocenters. The van der Waals surface area contributed by atoms with E-state index >= 15 is 0 Å². The van der Waals surface area contributed by atoms with Crippen molar-refractivity contribution in [2.45, 2.75) is 0 Å². The molecule has 10 aromatic rings. The second kappa shape index (κ2) is 12.7. The molecular formula is C50H33NS. The second-order valence-electron chi connectivity index (χ2n) is 13.4. The van der Waals surface area contributed by atoms with Crippen molar-refractivity contribution in [1.29, 1.82) is 0 Å². The molecule has 0 bridgehead atoms. The van der Waals surface area contributed by atoms with Crippen molar-refractivity contribution in [2.75, 3.05) is 4.90 Å². The van der Waals surface area contributed by atoms with Crippen LogP contribution in [0.3, 0.4) is 0 Å². The zero-order valence-corrected chi connectivity index (χ0v) is 29.2. The third kappa shape index (κ3) is 5.42. The number of nitrogens with zero attached hydrogens (tertiary/aromatic N) is 1. The van der Waals surface area contributed by atoms with Crippen molar-refractivity contribution in [2.24, 2.45) is 0 Å². The van der Waals surface area contributed by atoms with Gasteiger partial charge in [0.1, 0.15) is 0 Å². The largest absolute Gasteiger partial charge is 0.310 e. The second-order valence-corrected chi connectivity index (χ2v) is 14.5. The van der Waals surface area contributed by atoms with Gasteiger partial charge < -0.3 is 4.90 Å². The van der Waals surface area contributed by atoms with Gasteiger partial charge in [-0.25, -0.2) is 0 Å². The molecular weight excluding hydrogens is 647 g/mol. The summed E-state index contributed by atoms with van der Waals surface area (Å²) in [6.45, 7) is 0. The zero-order valence-electron chi connectivity index (χ0n) is 28.4. The summed E-state index contributed by atoms with van der Waals surface area (Å²) in [5.74, 6) is 0. The minimum Gasteiger partial charge on any atom is -0.310 e. The maximum Gasteiger partial charge on any atom is 0.0468 e. The standard InChI is InChI=1S/C50H33NS/c1-2-8-34(9-3-1)35-14-16-36(17-15-35)37-20-25-42(26-21-37)51(44-29-30-46-41(32-44)19-18-39-10-4-5-11-45(39)46)43-27-22-38(23-28-43)40-24-31-50-48(33-40)47-12-6-7-13-49(47)52-50/h1-33H. The Morgan fingerprint density at radius 2 is 0.750 bits per heavy atom. The summed E-state index contributed by atoms with van der Waals surface area (Å²) in [5.41, 5.74) is 10.7. The summed E-state index contributed by atoms with van der Waals surface area (Å²) >= 11 is 1.86. The average molecular weight is 680 g/mol. The van der Waals surface area contributed by atoms with Gasteiger partial charge in [0.2, 0.25) is 0 Å². The minimum absolute atomic E-state index is 1.11. The topological polar surface area (TPSA) is 3.24 Å². The molecule has 0 saturated heterocycles. The molecule has 0 aliphatic heterocycles. The molecule has 244 valence electrons. The van der Waals surface area contributed by atoms with Gasteiger partial charge in [-0.2, -0.15) is 0 Å². The van der Waals surface area contributed by atoms with Crippen molar-refractivity contribution in [3.8, 4) is 33.4 Å². The lowest BCUT2D eigenvalue weighted by atomic mass is 9.99. The number of rotatable bonds is 6. The summed E-state index contributed by atoms with van der Waals surface area (Å²) < 4.78 is 2.66. The van der Waals surface area contributed by atoms with Crippen LogP contribution in [0.15, 0.2) is 200 Å². The Kier molecular flexibility index (Phi) is 7.41. The van der Waals surface area contributed by atoms with E-state index in [2.05, 4.69) is 205 Å². The molecule has 0 radical (unpaired) electrons. The molecule has 0 spiro atoms. The highest BCUT2D eigenvalue weighted by Gasteiger charge is 2.15. The van der Waals surface area contributed by atoms with Crippen molar-refractivity contribution in [3.05, 3.63) is 200 Å². The van der Waals surface area contributed by atoms with Crippen LogP contribution in [0.2, 0.25) is 0 Å². The minimum atomic E-state index is 1.11. The molecule has 9 aromatic carbocycles. The normalized spacial score (nSPS) is 11.5. The lowest BCUT2D eigenvalue weighted by Crippen LogP contribution is -2.09. The Morgan fingerprint density at radius 3 is 1.46 bits per heavy atom. The highest BCUT2D eigenvalue weighted by atomic mass is 32.1. The maximum absolute atomic E-state index is 2.37. The van der Waals surface area contributed by atoms with Crippen LogP contribution >= 0.6 is 11.3 Å². The third-order valence-electron chi connectivity index (χ3n) is 10.3. The number of fused-ring (bicyclic) bond motifs is 6. The lowest BCUT2D eigenvalue weighted by Gasteiger charge is -2.26. The van der Waals surface area contributed by atoms with Crippen LogP contribution in [0.1, 0.15) is 0 Å². The van der Waals surface area contributed by atoms with Crippen molar-refractivity contribution >= 4 is 70.1 Å². The SMILES string of the molecule is c1ccc(-c2ccc(-c3ccc(N(c4ccc(-c5ccc6sc7ccccc7c6c5)cc4)c4ccc5c(ccc6ccccc65)c4)cc3)cc2)cc1. The van der Waals surface area contributed by atoms with Gasteiger partial charge in [0.15, 0.2) is 0 Å². The molecule has 0 aliphatic rings. The first-order chi connectivity index (χ1) is 25.7. The Hall–Kier alpha value is -6.48. The van der Waals surface area contributed by atoms with Crippen LogP contribution < -0.4 is 4.90 Å². The van der Waals surface area contributed by atoms with Crippen LogP contribution in [-0.4, -0.2) is 0 Å².